The molecule has 28 heavy (non-hydrogen) atoms. The van der Waals surface area contributed by atoms with Crippen LogP contribution in [-0.2, 0) is 12.0 Å². The summed E-state index contributed by atoms with van der Waals surface area (Å²) < 4.78 is 10.9. The summed E-state index contributed by atoms with van der Waals surface area (Å²) in [6.45, 7) is 5.91. The van der Waals surface area contributed by atoms with E-state index in [2.05, 4.69) is 84.7 Å². The van der Waals surface area contributed by atoms with Crippen LogP contribution >= 0.6 is 0 Å². The van der Waals surface area contributed by atoms with Gasteiger partial charge in [-0.2, -0.15) is 0 Å². The van der Waals surface area contributed by atoms with Gasteiger partial charge in [0.15, 0.2) is 11.5 Å². The summed E-state index contributed by atoms with van der Waals surface area (Å²) in [5.41, 5.74) is 3.59. The number of rotatable bonds is 8. The standard InChI is InChI=1S/C25H25NO2/c1-2-15-25(21-9-5-3-6-10-21,22-11-7-4-8-12-22)18-26-17-20-13-14-23-24(16-20)28-19-27-23/h2-14,16,26H,1,15,17-19H2. The fraction of sp³-hybridized carbons (Fsp3) is 0.200. The molecule has 4 rings (SSSR count). The molecular formula is C25H25NO2. The molecule has 1 aliphatic heterocycles. The summed E-state index contributed by atoms with van der Waals surface area (Å²) in [6.07, 6.45) is 2.87. The average Bonchev–Trinajstić information content (AvgIpc) is 3.22. The molecular weight excluding hydrogens is 346 g/mol. The minimum Gasteiger partial charge on any atom is -0.454 e. The lowest BCUT2D eigenvalue weighted by Gasteiger charge is -2.35. The van der Waals surface area contributed by atoms with E-state index in [0.717, 1.165) is 31.0 Å². The van der Waals surface area contributed by atoms with E-state index in [1.165, 1.54) is 16.7 Å². The Hall–Kier alpha value is -3.04. The van der Waals surface area contributed by atoms with Crippen LogP contribution in [0.5, 0.6) is 11.5 Å². The van der Waals surface area contributed by atoms with Crippen LogP contribution in [-0.4, -0.2) is 13.3 Å². The van der Waals surface area contributed by atoms with Gasteiger partial charge in [-0.15, -0.1) is 6.58 Å². The third kappa shape index (κ3) is 3.67. The largest absolute Gasteiger partial charge is 0.454 e. The van der Waals surface area contributed by atoms with Crippen LogP contribution in [0.15, 0.2) is 91.5 Å². The van der Waals surface area contributed by atoms with Gasteiger partial charge in [-0.25, -0.2) is 0 Å². The maximum absolute atomic E-state index is 5.50. The number of hydrogen-bond donors (Lipinski definition) is 1. The Bertz CT molecular complexity index is 882. The van der Waals surface area contributed by atoms with Crippen molar-refractivity contribution in [1.82, 2.24) is 5.32 Å². The third-order valence-corrected chi connectivity index (χ3v) is 5.34. The Kier molecular flexibility index (Phi) is 5.45. The van der Waals surface area contributed by atoms with Crippen LogP contribution in [0.2, 0.25) is 0 Å². The van der Waals surface area contributed by atoms with Gasteiger partial charge in [-0.3, -0.25) is 0 Å². The maximum atomic E-state index is 5.50. The molecule has 3 aromatic rings. The zero-order chi connectivity index (χ0) is 19.2. The molecule has 0 atom stereocenters. The third-order valence-electron chi connectivity index (χ3n) is 5.34. The minimum absolute atomic E-state index is 0.166. The first-order chi connectivity index (χ1) is 13.8. The highest BCUT2D eigenvalue weighted by Gasteiger charge is 2.32. The van der Waals surface area contributed by atoms with Crippen molar-refractivity contribution in [1.29, 1.82) is 0 Å². The van der Waals surface area contributed by atoms with Gasteiger partial charge >= 0.3 is 0 Å². The summed E-state index contributed by atoms with van der Waals surface area (Å²) in [4.78, 5) is 0. The number of ether oxygens (including phenoxy) is 2. The lowest BCUT2D eigenvalue weighted by molar-refractivity contribution is 0.174. The van der Waals surface area contributed by atoms with Crippen molar-refractivity contribution in [2.24, 2.45) is 0 Å². The molecule has 0 fully saturated rings. The van der Waals surface area contributed by atoms with Gasteiger partial charge in [0.05, 0.1) is 0 Å². The van der Waals surface area contributed by atoms with Crippen molar-refractivity contribution in [3.8, 4) is 11.5 Å². The first-order valence-electron chi connectivity index (χ1n) is 9.63. The lowest BCUT2D eigenvalue weighted by Crippen LogP contribution is -2.39. The van der Waals surface area contributed by atoms with E-state index < -0.39 is 0 Å². The number of allylic oxidation sites excluding steroid dienone is 1. The molecule has 3 aromatic carbocycles. The normalized spacial score (nSPS) is 12.7. The van der Waals surface area contributed by atoms with Gasteiger partial charge in [0.25, 0.3) is 0 Å². The van der Waals surface area contributed by atoms with Crippen molar-refractivity contribution in [3.05, 3.63) is 108 Å². The highest BCUT2D eigenvalue weighted by Crippen LogP contribution is 2.36. The van der Waals surface area contributed by atoms with Crippen LogP contribution in [0.3, 0.4) is 0 Å². The molecule has 3 nitrogen and oxygen atoms in total. The molecule has 142 valence electrons. The Morgan fingerprint density at radius 1 is 0.857 bits per heavy atom. The summed E-state index contributed by atoms with van der Waals surface area (Å²) in [5, 5.41) is 3.67. The maximum Gasteiger partial charge on any atom is 0.231 e. The predicted molar refractivity (Wildman–Crippen MR) is 113 cm³/mol. The summed E-state index contributed by atoms with van der Waals surface area (Å²) in [6, 6.07) is 27.5. The quantitative estimate of drug-likeness (QED) is 0.561. The fourth-order valence-corrected chi connectivity index (χ4v) is 3.91. The second-order valence-corrected chi connectivity index (χ2v) is 7.10. The molecule has 0 saturated carbocycles. The van der Waals surface area contributed by atoms with Crippen molar-refractivity contribution >= 4 is 0 Å². The predicted octanol–water partition coefficient (Wildman–Crippen LogP) is 5.07. The molecule has 1 heterocycles. The summed E-state index contributed by atoms with van der Waals surface area (Å²) in [5.74, 6) is 1.64. The van der Waals surface area contributed by atoms with E-state index in [1.807, 2.05) is 12.1 Å². The second kappa shape index (κ2) is 8.32. The fourth-order valence-electron chi connectivity index (χ4n) is 3.91. The Labute approximate surface area is 166 Å². The van der Waals surface area contributed by atoms with Crippen molar-refractivity contribution in [3.63, 3.8) is 0 Å². The van der Waals surface area contributed by atoms with Gasteiger partial charge < -0.3 is 14.8 Å². The monoisotopic (exact) mass is 371 g/mol. The minimum atomic E-state index is -0.166. The van der Waals surface area contributed by atoms with Gasteiger partial charge in [0.2, 0.25) is 6.79 Å². The molecule has 0 aromatic heterocycles. The zero-order valence-electron chi connectivity index (χ0n) is 15.9. The second-order valence-electron chi connectivity index (χ2n) is 7.10. The van der Waals surface area contributed by atoms with Gasteiger partial charge in [-0.05, 0) is 35.2 Å². The van der Waals surface area contributed by atoms with Crippen LogP contribution in [0.1, 0.15) is 23.1 Å². The van der Waals surface area contributed by atoms with E-state index in [-0.39, 0.29) is 5.41 Å². The molecule has 3 heteroatoms. The number of fused-ring (bicyclic) bond motifs is 1. The topological polar surface area (TPSA) is 30.5 Å². The SMILES string of the molecule is C=CCC(CNCc1ccc2c(c1)OCO2)(c1ccccc1)c1ccccc1. The lowest BCUT2D eigenvalue weighted by atomic mass is 9.72. The molecule has 1 aliphatic rings. The van der Waals surface area contributed by atoms with Crippen molar-refractivity contribution < 1.29 is 9.47 Å². The number of hydrogen-bond acceptors (Lipinski definition) is 3. The smallest absolute Gasteiger partial charge is 0.231 e. The molecule has 0 radical (unpaired) electrons. The number of nitrogens with one attached hydrogen (secondary N) is 1. The van der Waals surface area contributed by atoms with E-state index in [4.69, 9.17) is 9.47 Å². The van der Waals surface area contributed by atoms with Crippen LogP contribution < -0.4 is 14.8 Å². The van der Waals surface area contributed by atoms with Crippen LogP contribution in [0.4, 0.5) is 0 Å². The van der Waals surface area contributed by atoms with Crippen molar-refractivity contribution in [2.75, 3.05) is 13.3 Å². The zero-order valence-corrected chi connectivity index (χ0v) is 15.9. The molecule has 0 saturated heterocycles. The average molecular weight is 371 g/mol. The van der Waals surface area contributed by atoms with E-state index in [0.29, 0.717) is 6.79 Å². The van der Waals surface area contributed by atoms with Crippen molar-refractivity contribution in [2.45, 2.75) is 18.4 Å². The molecule has 0 bridgehead atoms. The van der Waals surface area contributed by atoms with Crippen LogP contribution in [0.25, 0.3) is 0 Å². The van der Waals surface area contributed by atoms with E-state index >= 15 is 0 Å². The molecule has 1 N–H and O–H groups in total. The Morgan fingerprint density at radius 2 is 1.50 bits per heavy atom. The van der Waals surface area contributed by atoms with Crippen LogP contribution in [0, 0.1) is 0 Å². The molecule has 0 spiro atoms. The van der Waals surface area contributed by atoms with Gasteiger partial charge in [0, 0.05) is 18.5 Å². The first kappa shape index (κ1) is 18.3. The van der Waals surface area contributed by atoms with Gasteiger partial charge in [-0.1, -0.05) is 72.8 Å². The number of benzene rings is 3. The Balaban J connectivity index is 1.59. The van der Waals surface area contributed by atoms with Gasteiger partial charge in [0.1, 0.15) is 0 Å². The molecule has 0 amide bonds. The van der Waals surface area contributed by atoms with E-state index in [1.54, 1.807) is 0 Å². The Morgan fingerprint density at radius 3 is 2.14 bits per heavy atom. The van der Waals surface area contributed by atoms with E-state index in [9.17, 15) is 0 Å². The highest BCUT2D eigenvalue weighted by molar-refractivity contribution is 5.45. The summed E-state index contributed by atoms with van der Waals surface area (Å²) in [7, 11) is 0. The first-order valence-corrected chi connectivity index (χ1v) is 9.63. The summed E-state index contributed by atoms with van der Waals surface area (Å²) >= 11 is 0. The highest BCUT2D eigenvalue weighted by atomic mass is 16.7. The molecule has 0 aliphatic carbocycles. The molecule has 0 unspecified atom stereocenters.